The molecule has 1 aliphatic heterocycles. The zero-order chi connectivity index (χ0) is 12.4. The van der Waals surface area contributed by atoms with E-state index in [9.17, 15) is 9.90 Å². The highest BCUT2D eigenvalue weighted by Crippen LogP contribution is 2.24. The van der Waals surface area contributed by atoms with Crippen LogP contribution in [0.3, 0.4) is 0 Å². The van der Waals surface area contributed by atoms with Gasteiger partial charge in [-0.15, -0.1) is 0 Å². The molecule has 2 rings (SSSR count). The number of likely N-dealkylation sites (tertiary alicyclic amines) is 1. The van der Waals surface area contributed by atoms with E-state index in [4.69, 9.17) is 4.74 Å². The fourth-order valence-corrected chi connectivity index (χ4v) is 1.98. The van der Waals surface area contributed by atoms with Crippen LogP contribution in [0.5, 0.6) is 5.75 Å². The second-order valence-electron chi connectivity index (χ2n) is 4.41. The molecule has 1 amide bonds. The van der Waals surface area contributed by atoms with Gasteiger partial charge in [0.25, 0.3) is 0 Å². The van der Waals surface area contributed by atoms with Gasteiger partial charge in [-0.25, -0.2) is 0 Å². The van der Waals surface area contributed by atoms with Crippen molar-refractivity contribution in [2.45, 2.75) is 19.6 Å². The van der Waals surface area contributed by atoms with Crippen molar-refractivity contribution in [2.75, 3.05) is 13.7 Å². The molecule has 4 nitrogen and oxygen atoms in total. The molecule has 0 saturated carbocycles. The van der Waals surface area contributed by atoms with E-state index in [-0.39, 0.29) is 11.8 Å². The van der Waals surface area contributed by atoms with E-state index < -0.39 is 6.10 Å². The van der Waals surface area contributed by atoms with Crippen LogP contribution in [0.2, 0.25) is 0 Å². The van der Waals surface area contributed by atoms with Gasteiger partial charge in [0.15, 0.2) is 0 Å². The Morgan fingerprint density at radius 2 is 2.12 bits per heavy atom. The highest BCUT2D eigenvalue weighted by Gasteiger charge is 2.39. The summed E-state index contributed by atoms with van der Waals surface area (Å²) in [6.07, 6.45) is -0.547. The third-order valence-electron chi connectivity index (χ3n) is 3.16. The second kappa shape index (κ2) is 4.75. The van der Waals surface area contributed by atoms with Gasteiger partial charge in [-0.3, -0.25) is 4.79 Å². The van der Waals surface area contributed by atoms with Crippen LogP contribution in [-0.2, 0) is 11.3 Å². The van der Waals surface area contributed by atoms with Crippen molar-refractivity contribution < 1.29 is 14.6 Å². The van der Waals surface area contributed by atoms with Crippen molar-refractivity contribution in [2.24, 2.45) is 5.92 Å². The number of rotatable bonds is 4. The molecule has 4 heteroatoms. The number of β-lactam (4-membered cyclic amide) rings is 1. The lowest BCUT2D eigenvalue weighted by Crippen LogP contribution is -2.55. The first-order valence-electron chi connectivity index (χ1n) is 5.71. The monoisotopic (exact) mass is 235 g/mol. The standard InChI is InChI=1S/C13H17NO3/c1-9(15)12-8-14(13(12)16)7-10-3-5-11(17-2)6-4-10/h3-6,9,12,15H,7-8H2,1-2H3/t9-,12+/m1/s1. The predicted molar refractivity (Wildman–Crippen MR) is 63.6 cm³/mol. The summed E-state index contributed by atoms with van der Waals surface area (Å²) in [5.74, 6) is 0.634. The molecule has 17 heavy (non-hydrogen) atoms. The third-order valence-corrected chi connectivity index (χ3v) is 3.16. The lowest BCUT2D eigenvalue weighted by Gasteiger charge is -2.40. The van der Waals surface area contributed by atoms with Crippen LogP contribution in [0.4, 0.5) is 0 Å². The van der Waals surface area contributed by atoms with Gasteiger partial charge in [0.2, 0.25) is 5.91 Å². The van der Waals surface area contributed by atoms with Crippen LogP contribution in [0.1, 0.15) is 12.5 Å². The number of aliphatic hydroxyl groups excluding tert-OH is 1. The Labute approximate surface area is 101 Å². The third kappa shape index (κ3) is 2.42. The van der Waals surface area contributed by atoms with Crippen molar-refractivity contribution in [1.82, 2.24) is 4.90 Å². The lowest BCUT2D eigenvalue weighted by atomic mass is 9.93. The molecule has 0 unspecified atom stereocenters. The number of nitrogens with zero attached hydrogens (tertiary/aromatic N) is 1. The number of hydrogen-bond acceptors (Lipinski definition) is 3. The van der Waals surface area contributed by atoms with Gasteiger partial charge in [-0.1, -0.05) is 12.1 Å². The van der Waals surface area contributed by atoms with Crippen molar-refractivity contribution in [3.8, 4) is 5.75 Å². The Kier molecular flexibility index (Phi) is 3.33. The van der Waals surface area contributed by atoms with Gasteiger partial charge >= 0.3 is 0 Å². The highest BCUT2D eigenvalue weighted by molar-refractivity contribution is 5.85. The zero-order valence-electron chi connectivity index (χ0n) is 10.1. The van der Waals surface area contributed by atoms with Gasteiger partial charge in [-0.2, -0.15) is 0 Å². The van der Waals surface area contributed by atoms with Gasteiger partial charge in [-0.05, 0) is 24.6 Å². The summed E-state index contributed by atoms with van der Waals surface area (Å²) >= 11 is 0. The molecule has 1 fully saturated rings. The minimum absolute atomic E-state index is 0.0378. The molecule has 2 atom stereocenters. The summed E-state index contributed by atoms with van der Waals surface area (Å²) in [4.78, 5) is 13.4. The molecule has 1 aromatic rings. The zero-order valence-corrected chi connectivity index (χ0v) is 10.1. The minimum Gasteiger partial charge on any atom is -0.497 e. The Bertz CT molecular complexity index is 400. The van der Waals surface area contributed by atoms with Crippen molar-refractivity contribution in [3.05, 3.63) is 29.8 Å². The Morgan fingerprint density at radius 1 is 1.47 bits per heavy atom. The molecule has 1 N–H and O–H groups in total. The van der Waals surface area contributed by atoms with E-state index in [2.05, 4.69) is 0 Å². The largest absolute Gasteiger partial charge is 0.497 e. The Morgan fingerprint density at radius 3 is 2.59 bits per heavy atom. The second-order valence-corrected chi connectivity index (χ2v) is 4.41. The quantitative estimate of drug-likeness (QED) is 0.793. The molecule has 0 spiro atoms. The van der Waals surface area contributed by atoms with E-state index in [0.29, 0.717) is 13.1 Å². The van der Waals surface area contributed by atoms with Crippen molar-refractivity contribution >= 4 is 5.91 Å². The Hall–Kier alpha value is -1.55. The molecule has 1 aliphatic rings. The molecule has 0 aliphatic carbocycles. The van der Waals surface area contributed by atoms with E-state index in [1.54, 1.807) is 18.9 Å². The number of carbonyl (C=O) groups is 1. The fourth-order valence-electron chi connectivity index (χ4n) is 1.98. The van der Waals surface area contributed by atoms with Gasteiger partial charge in [0.05, 0.1) is 19.1 Å². The summed E-state index contributed by atoms with van der Waals surface area (Å²) in [5, 5.41) is 9.33. The average Bonchev–Trinajstić information content (AvgIpc) is 2.33. The first kappa shape index (κ1) is 11.9. The molecule has 1 saturated heterocycles. The first-order chi connectivity index (χ1) is 8.11. The van der Waals surface area contributed by atoms with Crippen molar-refractivity contribution in [1.29, 1.82) is 0 Å². The maximum atomic E-state index is 11.7. The number of amides is 1. The number of methoxy groups -OCH3 is 1. The SMILES string of the molecule is COc1ccc(CN2C[C@@H]([C@@H](C)O)C2=O)cc1. The van der Waals surface area contributed by atoms with Crippen LogP contribution in [0.15, 0.2) is 24.3 Å². The minimum atomic E-state index is -0.547. The van der Waals surface area contributed by atoms with Gasteiger partial charge in [0.1, 0.15) is 5.75 Å². The van der Waals surface area contributed by atoms with Crippen LogP contribution >= 0.6 is 0 Å². The summed E-state index contributed by atoms with van der Waals surface area (Å²) in [6, 6.07) is 7.65. The van der Waals surface area contributed by atoms with Gasteiger partial charge < -0.3 is 14.7 Å². The summed E-state index contributed by atoms with van der Waals surface area (Å²) in [7, 11) is 1.63. The normalized spacial score (nSPS) is 21.0. The molecule has 0 radical (unpaired) electrons. The predicted octanol–water partition coefficient (Wildman–Crippen LogP) is 1.03. The Balaban J connectivity index is 1.92. The average molecular weight is 235 g/mol. The van der Waals surface area contributed by atoms with Crippen molar-refractivity contribution in [3.63, 3.8) is 0 Å². The first-order valence-corrected chi connectivity index (χ1v) is 5.71. The smallest absolute Gasteiger partial charge is 0.230 e. The topological polar surface area (TPSA) is 49.8 Å². The van der Waals surface area contributed by atoms with E-state index in [1.165, 1.54) is 0 Å². The maximum absolute atomic E-state index is 11.7. The number of aliphatic hydroxyl groups is 1. The van der Waals surface area contributed by atoms with Crippen LogP contribution in [0, 0.1) is 5.92 Å². The van der Waals surface area contributed by atoms with E-state index in [1.807, 2.05) is 24.3 Å². The summed E-state index contributed by atoms with van der Waals surface area (Å²) < 4.78 is 5.07. The van der Waals surface area contributed by atoms with E-state index >= 15 is 0 Å². The lowest BCUT2D eigenvalue weighted by molar-refractivity contribution is -0.154. The highest BCUT2D eigenvalue weighted by atomic mass is 16.5. The molecule has 0 aromatic heterocycles. The fraction of sp³-hybridized carbons (Fsp3) is 0.462. The number of hydrogen-bond donors (Lipinski definition) is 1. The van der Waals surface area contributed by atoms with Crippen LogP contribution < -0.4 is 4.74 Å². The molecular formula is C13H17NO3. The maximum Gasteiger partial charge on any atom is 0.230 e. The number of carbonyl (C=O) groups excluding carboxylic acids is 1. The van der Waals surface area contributed by atoms with Crippen LogP contribution in [-0.4, -0.2) is 35.7 Å². The summed E-state index contributed by atoms with van der Waals surface area (Å²) in [6.45, 7) is 2.90. The molecule has 0 bridgehead atoms. The molecule has 1 aromatic carbocycles. The van der Waals surface area contributed by atoms with E-state index in [0.717, 1.165) is 11.3 Å². The number of benzene rings is 1. The van der Waals surface area contributed by atoms with Gasteiger partial charge in [0, 0.05) is 13.1 Å². The summed E-state index contributed by atoms with van der Waals surface area (Å²) in [5.41, 5.74) is 1.07. The molecule has 92 valence electrons. The molecular weight excluding hydrogens is 218 g/mol. The van der Waals surface area contributed by atoms with Crippen LogP contribution in [0.25, 0.3) is 0 Å². The molecule has 1 heterocycles. The number of ether oxygens (including phenoxy) is 1.